The van der Waals surface area contributed by atoms with Crippen molar-refractivity contribution < 1.29 is 4.42 Å². The maximum atomic E-state index is 5.71. The van der Waals surface area contributed by atoms with Gasteiger partial charge in [-0.25, -0.2) is 0 Å². The lowest BCUT2D eigenvalue weighted by atomic mass is 10.1. The highest BCUT2D eigenvalue weighted by Crippen LogP contribution is 2.01. The number of nitrogens with zero attached hydrogens (tertiary/aromatic N) is 1. The number of guanidine groups is 1. The fourth-order valence-corrected chi connectivity index (χ4v) is 1.17. The first kappa shape index (κ1) is 11.6. The number of rotatable bonds is 3. The smallest absolute Gasteiger partial charge is 0.188 e. The molecular weight excluding hydrogens is 190 g/mol. The van der Waals surface area contributed by atoms with Crippen molar-refractivity contribution in [3.05, 3.63) is 24.2 Å². The van der Waals surface area contributed by atoms with Crippen molar-refractivity contribution in [2.45, 2.75) is 32.7 Å². The van der Waals surface area contributed by atoms with Crippen molar-refractivity contribution in [1.82, 2.24) is 5.32 Å². The predicted molar refractivity (Wildman–Crippen MR) is 61.8 cm³/mol. The Morgan fingerprint density at radius 1 is 1.53 bits per heavy atom. The van der Waals surface area contributed by atoms with Gasteiger partial charge >= 0.3 is 0 Å². The largest absolute Gasteiger partial charge is 0.469 e. The van der Waals surface area contributed by atoms with Gasteiger partial charge in [-0.2, -0.15) is 0 Å². The molecule has 0 amide bonds. The zero-order valence-electron chi connectivity index (χ0n) is 9.58. The molecule has 0 aliphatic rings. The Morgan fingerprint density at radius 2 is 2.27 bits per heavy atom. The first-order valence-corrected chi connectivity index (χ1v) is 5.08. The zero-order valence-corrected chi connectivity index (χ0v) is 9.58. The predicted octanol–water partition coefficient (Wildman–Crippen LogP) is 1.52. The molecule has 1 heterocycles. The van der Waals surface area contributed by atoms with E-state index in [0.29, 0.717) is 12.5 Å². The normalized spacial score (nSPS) is 12.9. The molecule has 0 fully saturated rings. The molecule has 0 radical (unpaired) electrons. The number of nitrogens with two attached hydrogens (primary N) is 1. The van der Waals surface area contributed by atoms with Gasteiger partial charge in [0.2, 0.25) is 0 Å². The molecule has 84 valence electrons. The molecule has 0 bridgehead atoms. The Balaban J connectivity index is 2.32. The number of nitrogens with one attached hydrogen (secondary N) is 1. The minimum Gasteiger partial charge on any atom is -0.469 e. The summed E-state index contributed by atoms with van der Waals surface area (Å²) in [5.41, 5.74) is 5.66. The lowest BCUT2D eigenvalue weighted by molar-refractivity contribution is 0.503. The second kappa shape index (κ2) is 4.87. The van der Waals surface area contributed by atoms with Crippen LogP contribution >= 0.6 is 0 Å². The summed E-state index contributed by atoms with van der Waals surface area (Å²) in [5, 5.41) is 3.10. The van der Waals surface area contributed by atoms with Crippen LogP contribution in [-0.4, -0.2) is 18.0 Å². The van der Waals surface area contributed by atoms with E-state index < -0.39 is 0 Å². The van der Waals surface area contributed by atoms with E-state index in [1.165, 1.54) is 0 Å². The summed E-state index contributed by atoms with van der Waals surface area (Å²) >= 11 is 0. The standard InChI is InChI=1S/C11H19N3O/c1-11(2,3)14-10(12)13-7-6-9-5-4-8-15-9/h4-5,8H,6-7H2,1-3H3,(H3,12,13,14). The lowest BCUT2D eigenvalue weighted by Crippen LogP contribution is -2.45. The number of hydrogen-bond acceptors (Lipinski definition) is 2. The fraction of sp³-hybridized carbons (Fsp3) is 0.545. The molecule has 1 aromatic rings. The van der Waals surface area contributed by atoms with E-state index in [1.54, 1.807) is 6.26 Å². The first-order valence-electron chi connectivity index (χ1n) is 5.08. The van der Waals surface area contributed by atoms with Crippen molar-refractivity contribution in [3.8, 4) is 0 Å². The SMILES string of the molecule is CC(C)(C)NC(N)=NCCc1ccco1. The van der Waals surface area contributed by atoms with Crippen LogP contribution in [0.25, 0.3) is 0 Å². The third-order valence-electron chi connectivity index (χ3n) is 1.72. The highest BCUT2D eigenvalue weighted by molar-refractivity contribution is 5.78. The highest BCUT2D eigenvalue weighted by Gasteiger charge is 2.09. The Kier molecular flexibility index (Phi) is 3.77. The van der Waals surface area contributed by atoms with Gasteiger partial charge in [-0.3, -0.25) is 4.99 Å². The molecule has 0 atom stereocenters. The van der Waals surface area contributed by atoms with Crippen LogP contribution < -0.4 is 11.1 Å². The first-order chi connectivity index (χ1) is 6.97. The van der Waals surface area contributed by atoms with E-state index in [1.807, 2.05) is 32.9 Å². The topological polar surface area (TPSA) is 63.5 Å². The third kappa shape index (κ3) is 5.10. The lowest BCUT2D eigenvalue weighted by Gasteiger charge is -2.20. The molecular formula is C11H19N3O. The van der Waals surface area contributed by atoms with Crippen LogP contribution in [0.2, 0.25) is 0 Å². The van der Waals surface area contributed by atoms with Gasteiger partial charge in [-0.1, -0.05) is 0 Å². The molecule has 4 heteroatoms. The van der Waals surface area contributed by atoms with Crippen LogP contribution in [0.3, 0.4) is 0 Å². The Bertz CT molecular complexity index is 309. The second-order valence-electron chi connectivity index (χ2n) is 4.47. The van der Waals surface area contributed by atoms with Crippen LogP contribution in [0.1, 0.15) is 26.5 Å². The van der Waals surface area contributed by atoms with Crippen LogP contribution in [0.5, 0.6) is 0 Å². The Morgan fingerprint density at radius 3 is 2.80 bits per heavy atom. The van der Waals surface area contributed by atoms with Gasteiger partial charge in [-0.15, -0.1) is 0 Å². The molecule has 0 saturated heterocycles. The van der Waals surface area contributed by atoms with Gasteiger partial charge in [0.05, 0.1) is 6.26 Å². The molecule has 0 aromatic carbocycles. The molecule has 0 saturated carbocycles. The van der Waals surface area contributed by atoms with E-state index >= 15 is 0 Å². The minimum atomic E-state index is -0.0434. The minimum absolute atomic E-state index is 0.0434. The monoisotopic (exact) mass is 209 g/mol. The average molecular weight is 209 g/mol. The van der Waals surface area contributed by atoms with E-state index in [0.717, 1.165) is 12.2 Å². The van der Waals surface area contributed by atoms with Gasteiger partial charge in [0.15, 0.2) is 5.96 Å². The van der Waals surface area contributed by atoms with Crippen molar-refractivity contribution >= 4 is 5.96 Å². The van der Waals surface area contributed by atoms with Gasteiger partial charge in [0.1, 0.15) is 5.76 Å². The molecule has 0 unspecified atom stereocenters. The zero-order chi connectivity index (χ0) is 11.3. The summed E-state index contributed by atoms with van der Waals surface area (Å²) < 4.78 is 5.19. The third-order valence-corrected chi connectivity index (χ3v) is 1.72. The maximum Gasteiger partial charge on any atom is 0.188 e. The van der Waals surface area contributed by atoms with Crippen molar-refractivity contribution in [3.63, 3.8) is 0 Å². The molecule has 15 heavy (non-hydrogen) atoms. The summed E-state index contributed by atoms with van der Waals surface area (Å²) in [6, 6.07) is 3.80. The van der Waals surface area contributed by atoms with E-state index in [-0.39, 0.29) is 5.54 Å². The molecule has 3 N–H and O–H groups in total. The highest BCUT2D eigenvalue weighted by atomic mass is 16.3. The number of furan rings is 1. The van der Waals surface area contributed by atoms with Gasteiger partial charge in [0.25, 0.3) is 0 Å². The summed E-state index contributed by atoms with van der Waals surface area (Å²) in [6.07, 6.45) is 2.44. The van der Waals surface area contributed by atoms with Crippen LogP contribution in [0.4, 0.5) is 0 Å². The Hall–Kier alpha value is -1.45. The molecule has 1 aromatic heterocycles. The quantitative estimate of drug-likeness (QED) is 0.586. The van der Waals surface area contributed by atoms with E-state index in [9.17, 15) is 0 Å². The van der Waals surface area contributed by atoms with Crippen LogP contribution in [-0.2, 0) is 6.42 Å². The van der Waals surface area contributed by atoms with Gasteiger partial charge < -0.3 is 15.5 Å². The summed E-state index contributed by atoms with van der Waals surface area (Å²) in [6.45, 7) is 6.77. The maximum absolute atomic E-state index is 5.71. The summed E-state index contributed by atoms with van der Waals surface area (Å²) in [4.78, 5) is 4.21. The Labute approximate surface area is 90.6 Å². The number of aliphatic imine (C=N–C) groups is 1. The van der Waals surface area contributed by atoms with Gasteiger partial charge in [-0.05, 0) is 32.9 Å². The summed E-state index contributed by atoms with van der Waals surface area (Å²) in [7, 11) is 0. The fourth-order valence-electron chi connectivity index (χ4n) is 1.17. The molecule has 4 nitrogen and oxygen atoms in total. The summed E-state index contributed by atoms with van der Waals surface area (Å²) in [5.74, 6) is 1.41. The van der Waals surface area contributed by atoms with Gasteiger partial charge in [0, 0.05) is 18.5 Å². The van der Waals surface area contributed by atoms with Crippen molar-refractivity contribution in [2.75, 3.05) is 6.54 Å². The molecule has 0 aliphatic carbocycles. The second-order valence-corrected chi connectivity index (χ2v) is 4.47. The molecule has 0 aliphatic heterocycles. The van der Waals surface area contributed by atoms with E-state index in [4.69, 9.17) is 10.2 Å². The van der Waals surface area contributed by atoms with Crippen molar-refractivity contribution in [2.24, 2.45) is 10.7 Å². The molecule has 0 spiro atoms. The molecule has 1 rings (SSSR count). The van der Waals surface area contributed by atoms with Crippen molar-refractivity contribution in [1.29, 1.82) is 0 Å². The van der Waals surface area contributed by atoms with Crippen LogP contribution in [0, 0.1) is 0 Å². The van der Waals surface area contributed by atoms with E-state index in [2.05, 4.69) is 10.3 Å². The van der Waals surface area contributed by atoms with Crippen LogP contribution in [0.15, 0.2) is 27.8 Å². The number of hydrogen-bond donors (Lipinski definition) is 2. The average Bonchev–Trinajstić information content (AvgIpc) is 2.53.